The minimum absolute atomic E-state index is 0.101. The fourth-order valence-corrected chi connectivity index (χ4v) is 3.77. The highest BCUT2D eigenvalue weighted by atomic mass is 35.5. The molecule has 0 saturated heterocycles. The predicted octanol–water partition coefficient (Wildman–Crippen LogP) is 4.07. The van der Waals surface area contributed by atoms with Crippen LogP contribution in [0.1, 0.15) is 22.8 Å². The molecule has 2 rings (SSSR count). The van der Waals surface area contributed by atoms with E-state index in [9.17, 15) is 8.42 Å². The molecule has 0 heterocycles. The van der Waals surface area contributed by atoms with Crippen molar-refractivity contribution in [3.63, 3.8) is 0 Å². The number of aryl methyl sites for hydroxylation is 2. The second-order valence-electron chi connectivity index (χ2n) is 5.55. The van der Waals surface area contributed by atoms with Crippen LogP contribution < -0.4 is 0 Å². The Kier molecular flexibility index (Phi) is 6.22. The van der Waals surface area contributed by atoms with E-state index in [1.54, 1.807) is 24.3 Å². The number of halogens is 1. The Morgan fingerprint density at radius 3 is 2.00 bits per heavy atom. The lowest BCUT2D eigenvalue weighted by Crippen LogP contribution is -2.18. The Bertz CT molecular complexity index is 722. The van der Waals surface area contributed by atoms with Crippen molar-refractivity contribution in [2.24, 2.45) is 0 Å². The molecule has 5 heteroatoms. The third-order valence-corrected chi connectivity index (χ3v) is 5.48. The lowest BCUT2D eigenvalue weighted by molar-refractivity contribution is 0.0800. The highest BCUT2D eigenvalue weighted by Gasteiger charge is 2.23. The van der Waals surface area contributed by atoms with Crippen LogP contribution in [0.15, 0.2) is 53.4 Å². The molecule has 2 aromatic carbocycles. The van der Waals surface area contributed by atoms with E-state index in [4.69, 9.17) is 16.3 Å². The van der Waals surface area contributed by atoms with Crippen LogP contribution in [0.4, 0.5) is 0 Å². The summed E-state index contributed by atoms with van der Waals surface area (Å²) in [7, 11) is -3.43. The quantitative estimate of drug-likeness (QED) is 0.705. The topological polar surface area (TPSA) is 43.4 Å². The molecular weight excluding hydrogens is 332 g/mol. The molecule has 0 aliphatic heterocycles. The van der Waals surface area contributed by atoms with Crippen LogP contribution in [0.25, 0.3) is 0 Å². The van der Waals surface area contributed by atoms with Gasteiger partial charge in [0.1, 0.15) is 0 Å². The van der Waals surface area contributed by atoms with Crippen LogP contribution in [0, 0.1) is 13.8 Å². The van der Waals surface area contributed by atoms with Crippen LogP contribution in [0.2, 0.25) is 0 Å². The molecule has 1 atom stereocenters. The number of hydrogen-bond donors (Lipinski definition) is 0. The van der Waals surface area contributed by atoms with Crippen LogP contribution in [0.3, 0.4) is 0 Å². The summed E-state index contributed by atoms with van der Waals surface area (Å²) < 4.78 is 31.0. The normalized spacial score (nSPS) is 13.0. The zero-order valence-electron chi connectivity index (χ0n) is 13.3. The van der Waals surface area contributed by atoms with Crippen molar-refractivity contribution in [3.8, 4) is 0 Å². The van der Waals surface area contributed by atoms with Crippen LogP contribution in [-0.2, 0) is 14.6 Å². The third-order valence-electron chi connectivity index (χ3n) is 3.60. The summed E-state index contributed by atoms with van der Waals surface area (Å²) in [6.45, 7) is 4.22. The van der Waals surface area contributed by atoms with E-state index in [-0.39, 0.29) is 5.75 Å². The van der Waals surface area contributed by atoms with Gasteiger partial charge in [-0.15, -0.1) is 11.6 Å². The van der Waals surface area contributed by atoms with Crippen molar-refractivity contribution in [2.45, 2.75) is 24.8 Å². The van der Waals surface area contributed by atoms with E-state index in [1.165, 1.54) is 0 Å². The Labute approximate surface area is 143 Å². The molecule has 0 N–H and O–H groups in total. The van der Waals surface area contributed by atoms with Crippen LogP contribution in [-0.4, -0.2) is 26.7 Å². The van der Waals surface area contributed by atoms with E-state index in [1.807, 2.05) is 38.1 Å². The lowest BCUT2D eigenvalue weighted by atomic mass is 10.1. The minimum Gasteiger partial charge on any atom is -0.371 e. The van der Waals surface area contributed by atoms with Crippen LogP contribution in [0.5, 0.6) is 0 Å². The van der Waals surface area contributed by atoms with Gasteiger partial charge in [0.2, 0.25) is 0 Å². The first kappa shape index (κ1) is 18.0. The molecule has 124 valence electrons. The Balaban J connectivity index is 2.25. The Hall–Kier alpha value is -1.36. The maximum absolute atomic E-state index is 12.6. The van der Waals surface area contributed by atoms with Gasteiger partial charge < -0.3 is 4.74 Å². The van der Waals surface area contributed by atoms with Crippen molar-refractivity contribution in [1.82, 2.24) is 0 Å². The molecule has 0 amide bonds. The molecule has 0 bridgehead atoms. The highest BCUT2D eigenvalue weighted by molar-refractivity contribution is 7.91. The fraction of sp³-hybridized carbons (Fsp3) is 0.333. The fourth-order valence-electron chi connectivity index (χ4n) is 2.25. The number of ether oxygens (including phenoxy) is 1. The summed E-state index contributed by atoms with van der Waals surface area (Å²) in [6, 6.07) is 14.6. The molecule has 3 nitrogen and oxygen atoms in total. The smallest absolute Gasteiger partial charge is 0.181 e. The number of hydrogen-bond acceptors (Lipinski definition) is 3. The molecular formula is C18H21ClO3S. The minimum atomic E-state index is -3.43. The molecule has 0 spiro atoms. The van der Waals surface area contributed by atoms with Crippen molar-refractivity contribution in [1.29, 1.82) is 0 Å². The van der Waals surface area contributed by atoms with E-state index >= 15 is 0 Å². The van der Waals surface area contributed by atoms with Gasteiger partial charge in [-0.3, -0.25) is 0 Å². The van der Waals surface area contributed by atoms with E-state index < -0.39 is 15.9 Å². The predicted molar refractivity (Wildman–Crippen MR) is 93.8 cm³/mol. The summed E-state index contributed by atoms with van der Waals surface area (Å²) in [6.07, 6.45) is -0.527. The van der Waals surface area contributed by atoms with Gasteiger partial charge in [-0.2, -0.15) is 0 Å². The van der Waals surface area contributed by atoms with E-state index in [2.05, 4.69) is 0 Å². The number of alkyl halides is 1. The average Bonchev–Trinajstić information content (AvgIpc) is 2.52. The zero-order valence-corrected chi connectivity index (χ0v) is 14.9. The van der Waals surface area contributed by atoms with Gasteiger partial charge in [-0.1, -0.05) is 47.5 Å². The second kappa shape index (κ2) is 7.95. The first-order chi connectivity index (χ1) is 10.9. The number of sulfone groups is 1. The molecule has 2 aromatic rings. The lowest BCUT2D eigenvalue weighted by Gasteiger charge is -2.18. The first-order valence-electron chi connectivity index (χ1n) is 7.46. The number of benzene rings is 2. The summed E-state index contributed by atoms with van der Waals surface area (Å²) in [4.78, 5) is 0.315. The summed E-state index contributed by atoms with van der Waals surface area (Å²) in [5, 5.41) is 0. The van der Waals surface area contributed by atoms with Crippen molar-refractivity contribution < 1.29 is 13.2 Å². The maximum Gasteiger partial charge on any atom is 0.181 e. The first-order valence-corrected chi connectivity index (χ1v) is 9.64. The standard InChI is InChI=1S/C18H21ClO3S/c1-14-3-7-16(8-4-14)18(22-12-11-19)13-23(20,21)17-9-5-15(2)6-10-17/h3-10,18H,11-13H2,1-2H3. The molecule has 0 aliphatic rings. The number of rotatable bonds is 7. The molecule has 0 fully saturated rings. The van der Waals surface area contributed by atoms with Gasteiger partial charge >= 0.3 is 0 Å². The Morgan fingerprint density at radius 2 is 1.48 bits per heavy atom. The maximum atomic E-state index is 12.6. The molecule has 0 radical (unpaired) electrons. The SMILES string of the molecule is Cc1ccc(C(CS(=O)(=O)c2ccc(C)cc2)OCCCl)cc1. The summed E-state index contributed by atoms with van der Waals surface area (Å²) in [5.41, 5.74) is 2.99. The summed E-state index contributed by atoms with van der Waals surface area (Å²) >= 11 is 5.69. The average molecular weight is 353 g/mol. The van der Waals surface area contributed by atoms with Crippen molar-refractivity contribution >= 4 is 21.4 Å². The largest absolute Gasteiger partial charge is 0.371 e. The monoisotopic (exact) mass is 352 g/mol. The van der Waals surface area contributed by atoms with Crippen molar-refractivity contribution in [2.75, 3.05) is 18.2 Å². The van der Waals surface area contributed by atoms with Crippen LogP contribution >= 0.6 is 11.6 Å². The van der Waals surface area contributed by atoms with Crippen molar-refractivity contribution in [3.05, 3.63) is 65.2 Å². The molecule has 0 saturated carbocycles. The van der Waals surface area contributed by atoms with E-state index in [0.29, 0.717) is 17.4 Å². The Morgan fingerprint density at radius 1 is 0.957 bits per heavy atom. The van der Waals surface area contributed by atoms with Gasteiger partial charge in [-0.05, 0) is 31.5 Å². The zero-order chi connectivity index (χ0) is 16.9. The molecule has 1 unspecified atom stereocenters. The highest BCUT2D eigenvalue weighted by Crippen LogP contribution is 2.24. The van der Waals surface area contributed by atoms with Gasteiger partial charge in [0, 0.05) is 5.88 Å². The van der Waals surface area contributed by atoms with E-state index in [0.717, 1.165) is 16.7 Å². The molecule has 0 aliphatic carbocycles. The van der Waals surface area contributed by atoms with Gasteiger partial charge in [0.05, 0.1) is 23.4 Å². The second-order valence-corrected chi connectivity index (χ2v) is 7.97. The molecule has 23 heavy (non-hydrogen) atoms. The van der Waals surface area contributed by atoms with Gasteiger partial charge in [0.25, 0.3) is 0 Å². The van der Waals surface area contributed by atoms with Gasteiger partial charge in [-0.25, -0.2) is 8.42 Å². The summed E-state index contributed by atoms with van der Waals surface area (Å²) in [5.74, 6) is 0.225. The van der Waals surface area contributed by atoms with Gasteiger partial charge in [0.15, 0.2) is 9.84 Å². The third kappa shape index (κ3) is 5.06. The molecule has 0 aromatic heterocycles.